The van der Waals surface area contributed by atoms with Crippen molar-refractivity contribution in [1.82, 2.24) is 10.2 Å². The maximum atomic E-state index is 11.8. The molecule has 1 aliphatic carbocycles. The van der Waals surface area contributed by atoms with Crippen LogP contribution in [-0.2, 0) is 11.0 Å². The van der Waals surface area contributed by atoms with Gasteiger partial charge in [-0.05, 0) is 43.2 Å². The van der Waals surface area contributed by atoms with Crippen molar-refractivity contribution in [2.24, 2.45) is 10.9 Å². The first-order chi connectivity index (χ1) is 11.6. The normalized spacial score (nSPS) is 26.9. The zero-order valence-electron chi connectivity index (χ0n) is 14.0. The Balaban J connectivity index is 1.75. The molecule has 132 valence electrons. The highest BCUT2D eigenvalue weighted by Gasteiger charge is 2.29. The van der Waals surface area contributed by atoms with Gasteiger partial charge in [0.15, 0.2) is 0 Å². The molecule has 1 unspecified atom stereocenters. The molecule has 1 heterocycles. The number of nitrogens with one attached hydrogen (secondary N) is 2. The number of nitrogens with zero attached hydrogens (tertiary/aromatic N) is 1. The molecule has 2 aliphatic rings. The molecule has 1 saturated carbocycles. The summed E-state index contributed by atoms with van der Waals surface area (Å²) in [6, 6.07) is 6.27. The van der Waals surface area contributed by atoms with E-state index in [1.165, 1.54) is 0 Å². The van der Waals surface area contributed by atoms with Crippen LogP contribution >= 0.6 is 0 Å². The Morgan fingerprint density at radius 1 is 1.21 bits per heavy atom. The van der Waals surface area contributed by atoms with E-state index >= 15 is 0 Å². The van der Waals surface area contributed by atoms with Crippen LogP contribution in [0.2, 0.25) is 0 Å². The molecular formula is C17H27N5OS. The third kappa shape index (κ3) is 3.69. The minimum atomic E-state index is -1.62. The molecule has 6 nitrogen and oxygen atoms in total. The fraction of sp³-hybridized carbons (Fsp3) is 0.588. The van der Waals surface area contributed by atoms with Crippen LogP contribution in [0.25, 0.3) is 0 Å². The van der Waals surface area contributed by atoms with E-state index < -0.39 is 11.0 Å². The van der Waals surface area contributed by atoms with Gasteiger partial charge < -0.3 is 11.1 Å². The lowest BCUT2D eigenvalue weighted by Gasteiger charge is -2.39. The van der Waals surface area contributed by atoms with Gasteiger partial charge in [-0.3, -0.25) is 10.3 Å². The van der Waals surface area contributed by atoms with E-state index in [-0.39, 0.29) is 5.84 Å². The molecule has 24 heavy (non-hydrogen) atoms. The summed E-state index contributed by atoms with van der Waals surface area (Å²) >= 11 is 0. The lowest BCUT2D eigenvalue weighted by molar-refractivity contribution is 0.133. The number of amidine groups is 1. The second-order valence-corrected chi connectivity index (χ2v) is 7.76. The largest absolute Gasteiger partial charge is 0.384 e. The van der Waals surface area contributed by atoms with Gasteiger partial charge in [0.05, 0.1) is 4.90 Å². The smallest absolute Gasteiger partial charge is 0.124 e. The number of piperazine rings is 1. The van der Waals surface area contributed by atoms with Crippen molar-refractivity contribution in [3.05, 3.63) is 29.3 Å². The fourth-order valence-electron chi connectivity index (χ4n) is 4.14. The van der Waals surface area contributed by atoms with Crippen molar-refractivity contribution in [3.63, 3.8) is 0 Å². The van der Waals surface area contributed by atoms with Crippen LogP contribution in [0.15, 0.2) is 23.1 Å². The Morgan fingerprint density at radius 2 is 1.88 bits per heavy atom. The van der Waals surface area contributed by atoms with E-state index in [1.54, 1.807) is 6.07 Å². The van der Waals surface area contributed by atoms with Crippen LogP contribution in [0.4, 0.5) is 0 Å². The predicted octanol–water partition coefficient (Wildman–Crippen LogP) is 0.883. The second-order valence-electron chi connectivity index (χ2n) is 6.72. The molecule has 1 aromatic carbocycles. The van der Waals surface area contributed by atoms with E-state index in [9.17, 15) is 4.21 Å². The summed E-state index contributed by atoms with van der Waals surface area (Å²) in [5.41, 5.74) is 7.41. The van der Waals surface area contributed by atoms with Gasteiger partial charge in [-0.1, -0.05) is 12.1 Å². The average molecular weight is 350 g/mol. The van der Waals surface area contributed by atoms with Gasteiger partial charge >= 0.3 is 0 Å². The first-order valence-corrected chi connectivity index (χ1v) is 9.87. The van der Waals surface area contributed by atoms with Crippen molar-refractivity contribution in [1.29, 1.82) is 5.41 Å². The van der Waals surface area contributed by atoms with Crippen molar-refractivity contribution in [2.45, 2.75) is 42.5 Å². The molecule has 0 amide bonds. The van der Waals surface area contributed by atoms with E-state index in [1.807, 2.05) is 12.1 Å². The molecule has 1 aromatic rings. The summed E-state index contributed by atoms with van der Waals surface area (Å²) < 4.78 is 11.8. The molecular weight excluding hydrogens is 322 g/mol. The van der Waals surface area contributed by atoms with E-state index in [2.05, 4.69) is 10.2 Å². The van der Waals surface area contributed by atoms with Crippen LogP contribution in [0.1, 0.15) is 42.7 Å². The number of rotatable bonds is 4. The van der Waals surface area contributed by atoms with Crippen molar-refractivity contribution < 1.29 is 4.21 Å². The first kappa shape index (κ1) is 17.5. The van der Waals surface area contributed by atoms with Gasteiger partial charge in [-0.2, -0.15) is 0 Å². The second kappa shape index (κ2) is 7.74. The molecule has 3 rings (SSSR count). The fourth-order valence-corrected chi connectivity index (χ4v) is 4.79. The van der Waals surface area contributed by atoms with Gasteiger partial charge in [0, 0.05) is 37.8 Å². The minimum Gasteiger partial charge on any atom is -0.384 e. The lowest BCUT2D eigenvalue weighted by atomic mass is 9.79. The van der Waals surface area contributed by atoms with Gasteiger partial charge in [-0.15, -0.1) is 0 Å². The molecule has 0 spiro atoms. The number of hydrogen-bond donors (Lipinski definition) is 4. The van der Waals surface area contributed by atoms with E-state index in [0.29, 0.717) is 22.4 Å². The van der Waals surface area contributed by atoms with Gasteiger partial charge in [0.25, 0.3) is 0 Å². The van der Waals surface area contributed by atoms with Crippen LogP contribution in [-0.4, -0.2) is 47.2 Å². The summed E-state index contributed by atoms with van der Waals surface area (Å²) in [6.07, 6.45) is 4.49. The molecule has 0 aromatic heterocycles. The monoisotopic (exact) mass is 349 g/mol. The summed E-state index contributed by atoms with van der Waals surface area (Å²) in [7, 11) is -1.62. The highest BCUT2D eigenvalue weighted by Crippen LogP contribution is 2.37. The van der Waals surface area contributed by atoms with Crippen LogP contribution in [0.3, 0.4) is 0 Å². The third-order valence-electron chi connectivity index (χ3n) is 5.35. The number of hydrogen-bond acceptors (Lipinski definition) is 4. The van der Waals surface area contributed by atoms with Gasteiger partial charge in [0.1, 0.15) is 16.8 Å². The molecule has 1 atom stereocenters. The van der Waals surface area contributed by atoms with Crippen molar-refractivity contribution in [2.75, 3.05) is 26.2 Å². The third-order valence-corrected chi connectivity index (χ3v) is 6.12. The van der Waals surface area contributed by atoms with E-state index in [0.717, 1.165) is 57.4 Å². The zero-order chi connectivity index (χ0) is 17.1. The zero-order valence-corrected chi connectivity index (χ0v) is 14.8. The summed E-state index contributed by atoms with van der Waals surface area (Å²) in [5.74, 6) is 0.329. The summed E-state index contributed by atoms with van der Waals surface area (Å²) in [5, 5.41) is 16.9. The highest BCUT2D eigenvalue weighted by atomic mass is 32.2. The Kier molecular flexibility index (Phi) is 5.65. The quantitative estimate of drug-likeness (QED) is 0.478. The van der Waals surface area contributed by atoms with Crippen LogP contribution in [0.5, 0.6) is 0 Å². The average Bonchev–Trinajstić information content (AvgIpc) is 2.62. The van der Waals surface area contributed by atoms with Crippen LogP contribution < -0.4 is 16.2 Å². The van der Waals surface area contributed by atoms with E-state index in [4.69, 9.17) is 16.3 Å². The van der Waals surface area contributed by atoms with Gasteiger partial charge in [-0.25, -0.2) is 9.35 Å². The SMILES string of the molecule is N=C(N)c1c(C2CCC(N3CCNCC3)CC2)cccc1S(N)=O. The summed E-state index contributed by atoms with van der Waals surface area (Å²) in [6.45, 7) is 4.43. The van der Waals surface area contributed by atoms with Crippen LogP contribution in [0, 0.1) is 5.41 Å². The number of nitrogen functional groups attached to an aromatic ring is 1. The molecule has 0 radical (unpaired) electrons. The Morgan fingerprint density at radius 3 is 2.46 bits per heavy atom. The first-order valence-electron chi connectivity index (χ1n) is 8.66. The lowest BCUT2D eigenvalue weighted by Crippen LogP contribution is -2.49. The Labute approximate surface area is 146 Å². The Bertz CT molecular complexity index is 621. The summed E-state index contributed by atoms with van der Waals surface area (Å²) in [4.78, 5) is 3.08. The molecule has 1 aliphatic heterocycles. The molecule has 1 saturated heterocycles. The number of benzene rings is 1. The van der Waals surface area contributed by atoms with Crippen molar-refractivity contribution in [3.8, 4) is 0 Å². The molecule has 7 heteroatoms. The predicted molar refractivity (Wildman–Crippen MR) is 97.5 cm³/mol. The maximum absolute atomic E-state index is 11.8. The molecule has 6 N–H and O–H groups in total. The maximum Gasteiger partial charge on any atom is 0.124 e. The molecule has 2 fully saturated rings. The highest BCUT2D eigenvalue weighted by molar-refractivity contribution is 7.82. The minimum absolute atomic E-state index is 0.0383. The topological polar surface area (TPSA) is 108 Å². The standard InChI is InChI=1S/C17H27N5OS/c18-17(19)16-14(2-1-3-15(16)24(20)23)12-4-6-13(7-5-12)22-10-8-21-9-11-22/h1-3,12-13,21H,4-11,20H2,(H3,18,19). The molecule has 0 bridgehead atoms. The number of nitrogens with two attached hydrogens (primary N) is 2. The Hall–Kier alpha value is -1.28. The van der Waals surface area contributed by atoms with Gasteiger partial charge in [0.2, 0.25) is 0 Å². The van der Waals surface area contributed by atoms with Crippen molar-refractivity contribution >= 4 is 16.8 Å².